The van der Waals surface area contributed by atoms with Gasteiger partial charge in [-0.1, -0.05) is 0 Å². The van der Waals surface area contributed by atoms with Crippen molar-refractivity contribution in [1.29, 1.82) is 0 Å². The van der Waals surface area contributed by atoms with E-state index in [0.29, 0.717) is 0 Å². The highest BCUT2D eigenvalue weighted by atomic mass is 31.2. The van der Waals surface area contributed by atoms with Gasteiger partial charge in [-0.05, 0) is 0 Å². The number of rotatable bonds is 21. The van der Waals surface area contributed by atoms with Gasteiger partial charge < -0.3 is 206 Å². The molecule has 0 aromatic rings. The molecule has 0 saturated carbocycles. The Bertz CT molecular complexity index is 2590. The van der Waals surface area contributed by atoms with Crippen molar-refractivity contribution in [2.24, 2.45) is 0 Å². The monoisotopic (exact) mass is 1690 g/mol. The van der Waals surface area contributed by atoms with Gasteiger partial charge in [0.15, 0.2) is 44.0 Å². The molecule has 0 radical (unpaired) electrons. The van der Waals surface area contributed by atoms with Gasteiger partial charge in [-0.3, -0.25) is 31.7 Å². The first kappa shape index (κ1) is 90.2. The molecule has 105 heavy (non-hydrogen) atoms. The van der Waals surface area contributed by atoms with Crippen LogP contribution in [-0.4, -0.2) is 401 Å². The number of hydrogen-bond donors (Lipinski definition) is 28. The summed E-state index contributed by atoms with van der Waals surface area (Å²) in [5, 5.41) is 163. The van der Waals surface area contributed by atoms with Crippen LogP contribution in [0.4, 0.5) is 0 Å². The zero-order valence-corrected chi connectivity index (χ0v) is 58.5. The van der Waals surface area contributed by atoms with E-state index < -0.39 is 316 Å². The Morgan fingerprint density at radius 3 is 0.352 bits per heavy atom. The zero-order valence-electron chi connectivity index (χ0n) is 52.2. The minimum absolute atomic E-state index is 1.54. The van der Waals surface area contributed by atoms with Crippen molar-refractivity contribution < 1.29 is 270 Å². The second-order valence-corrected chi connectivity index (χ2v) is 32.6. The first-order chi connectivity index (χ1) is 48.2. The summed E-state index contributed by atoms with van der Waals surface area (Å²) in [6, 6.07) is 0. The van der Waals surface area contributed by atoms with Crippen LogP contribution in [0.1, 0.15) is 0 Å². The molecule has 0 aromatic carbocycles. The minimum atomic E-state index is -5.72. The van der Waals surface area contributed by atoms with Crippen molar-refractivity contribution in [2.45, 2.75) is 215 Å². The lowest BCUT2D eigenvalue weighted by Crippen LogP contribution is -2.68. The number of phosphoric ester groups is 7. The van der Waals surface area contributed by atoms with Crippen molar-refractivity contribution in [3.63, 3.8) is 0 Å². The summed E-state index contributed by atoms with van der Waals surface area (Å²) in [7, 11) is -40.0. The van der Waals surface area contributed by atoms with E-state index in [1.165, 1.54) is 0 Å². The van der Waals surface area contributed by atoms with Crippen LogP contribution in [0.3, 0.4) is 0 Å². The predicted octanol–water partition coefficient (Wildman–Crippen LogP) is -14.4. The number of aliphatic hydroxyl groups is 14. The van der Waals surface area contributed by atoms with Gasteiger partial charge in [-0.15, -0.1) is 0 Å². The number of phosphoric acid groups is 7. The molecule has 0 unspecified atom stereocenters. The highest BCUT2D eigenvalue weighted by molar-refractivity contribution is 7.47. The Kier molecular flexibility index (Phi) is 30.8. The van der Waals surface area contributed by atoms with Crippen LogP contribution >= 0.6 is 54.8 Å². The molecule has 14 bridgehead atoms. The maximum Gasteiger partial charge on any atom is 0.469 e. The molecule has 21 aliphatic heterocycles. The van der Waals surface area contributed by atoms with Gasteiger partial charge in [0.25, 0.3) is 0 Å². The van der Waals surface area contributed by atoms with Crippen molar-refractivity contribution >= 4 is 54.8 Å². The smallest absolute Gasteiger partial charge is 0.387 e. The Morgan fingerprint density at radius 2 is 0.267 bits per heavy atom. The molecule has 28 N–H and O–H groups in total. The van der Waals surface area contributed by atoms with Gasteiger partial charge >= 0.3 is 54.8 Å². The molecule has 63 heteroatoms. The van der Waals surface area contributed by atoms with E-state index in [1.807, 2.05) is 0 Å². The van der Waals surface area contributed by atoms with E-state index in [-0.39, 0.29) is 0 Å². The molecule has 21 rings (SSSR count). The summed E-state index contributed by atoms with van der Waals surface area (Å²) in [5.74, 6) is 0. The molecule has 21 aliphatic rings. The highest BCUT2D eigenvalue weighted by Crippen LogP contribution is 2.47. The molecule has 56 nitrogen and oxygen atoms in total. The van der Waals surface area contributed by atoms with E-state index >= 15 is 0 Å². The van der Waals surface area contributed by atoms with Crippen LogP contribution < -0.4 is 0 Å². The van der Waals surface area contributed by atoms with Crippen LogP contribution in [-0.2, 0) is 130 Å². The Balaban J connectivity index is 1.22. The first-order valence-corrected chi connectivity index (χ1v) is 40.5. The largest absolute Gasteiger partial charge is 0.469 e. The van der Waals surface area contributed by atoms with Crippen molar-refractivity contribution in [3.05, 3.63) is 0 Å². The summed E-state index contributed by atoms with van der Waals surface area (Å²) >= 11 is 0. The lowest BCUT2D eigenvalue weighted by atomic mass is 9.95. The van der Waals surface area contributed by atoms with E-state index in [2.05, 4.69) is 31.7 Å². The molecular weight excluding hydrogens is 1620 g/mol. The molecule has 0 amide bonds. The normalized spacial score (nSPS) is 44.9. The van der Waals surface area contributed by atoms with Crippen LogP contribution in [0.25, 0.3) is 0 Å². The standard InChI is InChI=1S/C42H77O56P7/c43-15-22(50)36-85-8(1-78-99(57,58)59)29(15)92-37-23(51)16(44)31(10(86-37)3-80-101(63,64)65)94-39-25(53)18(46)33(12(88-39)5-82-103(69,70)71)96-41-27(55)20(48)35(14(90-41)7-84-105(75,76)77)98-42-28(56)21(49)34(13(91-42)6-83-104(72,73)74)97-40-26(54)19(47)32(11(89-40)4-81-102(66,67)68)95-38-24(52)17(45)30(93-36)9(87-38)2-79-100(60,61)62/h8-56H,1-7H2,(H2,57,58,59)(H2,60,61,62)(H2,63,64,65)(H2,66,67,68)(H2,69,70,71)(H2,72,73,74)(H2,75,76,77)/t8-,9-,10-,11-,12-,13-,14-,15-,16-,17-,18-,19-,20-,21-,22-,23-,24-,25-,26-,27-,28-,29-,30-,31-,32-,33-,34-,35-,36-,37-,38-,39-,40-,41-,42-/m1/s1. The molecule has 21 fully saturated rings. The number of aliphatic hydroxyl groups excluding tert-OH is 14. The third-order valence-electron chi connectivity index (χ3n) is 16.4. The topological polar surface area (TPSA) is 880 Å². The van der Waals surface area contributed by atoms with Crippen LogP contribution in [0.2, 0.25) is 0 Å². The van der Waals surface area contributed by atoms with E-state index in [1.54, 1.807) is 0 Å². The molecule has 21 saturated heterocycles. The highest BCUT2D eigenvalue weighted by Gasteiger charge is 2.61. The fourth-order valence-electron chi connectivity index (χ4n) is 11.5. The fourth-order valence-corrected chi connectivity index (χ4v) is 13.9. The Morgan fingerprint density at radius 1 is 0.171 bits per heavy atom. The quantitative estimate of drug-likeness (QED) is 0.0475. The van der Waals surface area contributed by atoms with E-state index in [9.17, 15) is 172 Å². The van der Waals surface area contributed by atoms with Gasteiger partial charge in [0, 0.05) is 0 Å². The molecular formula is C42H77O56P7. The Hall–Kier alpha value is -0.350. The third-order valence-corrected chi connectivity index (χ3v) is 19.8. The molecule has 35 atom stereocenters. The Labute approximate surface area is 584 Å². The lowest BCUT2D eigenvalue weighted by molar-refractivity contribution is -0.396. The van der Waals surface area contributed by atoms with Crippen molar-refractivity contribution in [2.75, 3.05) is 46.2 Å². The van der Waals surface area contributed by atoms with Crippen molar-refractivity contribution in [3.8, 4) is 0 Å². The van der Waals surface area contributed by atoms with Gasteiger partial charge in [-0.25, -0.2) is 32.0 Å². The second kappa shape index (κ2) is 35.8. The van der Waals surface area contributed by atoms with Crippen LogP contribution in [0.5, 0.6) is 0 Å². The minimum Gasteiger partial charge on any atom is -0.387 e. The SMILES string of the molecule is O=P(O)(O)OC[C@H]1O[C@@H]2O[C@H]3[C@H](O)[C@@H](O)[C@@H](O[C@H]4[C@H](O)[C@@H](O)[C@@H](O[C@H]5[C@H](O)[C@@H](O)[C@@H](O[C@H]6[C@H](O)[C@@H](O)[C@@H](O[C@H]7[C@H](O)[C@@H](O)[C@@H](O[C@H]8[C@H](O)[C@@H](O)[C@@H](O[C@H]1[C@H](O)[C@H]2O)O[C@@H]8COP(=O)(O)O)O[C@@H]7COP(=O)(O)O)O[C@@H]6COP(=O)(O)O)O[C@@H]5COP(=O)(O)O)O[C@@H]4COP(=O)(O)O)O[C@@H]3COP(=O)(O)O. The average molecular weight is 1690 g/mol. The van der Waals surface area contributed by atoms with Crippen LogP contribution in [0.15, 0.2) is 0 Å². The van der Waals surface area contributed by atoms with Gasteiger partial charge in [0.1, 0.15) is 171 Å². The van der Waals surface area contributed by atoms with Gasteiger partial charge in [-0.2, -0.15) is 0 Å². The van der Waals surface area contributed by atoms with Gasteiger partial charge in [0.05, 0.1) is 46.2 Å². The third kappa shape index (κ3) is 24.4. The second-order valence-electron chi connectivity index (χ2n) is 23.9. The summed E-state index contributed by atoms with van der Waals surface area (Å²) in [6.45, 7) is -10.8. The predicted molar refractivity (Wildman–Crippen MR) is 305 cm³/mol. The number of ether oxygens (including phenoxy) is 14. The van der Waals surface area contributed by atoms with Crippen LogP contribution in [0, 0.1) is 0 Å². The molecule has 21 heterocycles. The summed E-state index contributed by atoms with van der Waals surface area (Å²) in [6.07, 6.45) is -90.7. The summed E-state index contributed by atoms with van der Waals surface area (Å²) in [5.41, 5.74) is 0. The van der Waals surface area contributed by atoms with E-state index in [4.69, 9.17) is 66.3 Å². The summed E-state index contributed by atoms with van der Waals surface area (Å²) < 4.78 is 195. The fraction of sp³-hybridized carbons (Fsp3) is 1.00. The van der Waals surface area contributed by atoms with E-state index in [0.717, 1.165) is 0 Å². The maximum absolute atomic E-state index is 12.1. The molecule has 616 valence electrons. The average Bonchev–Trinajstić information content (AvgIpc) is 0.789. The first-order valence-electron chi connectivity index (χ1n) is 29.8. The number of hydrogen-bond acceptors (Lipinski definition) is 42. The molecule has 0 spiro atoms. The molecule has 0 aliphatic carbocycles. The van der Waals surface area contributed by atoms with Gasteiger partial charge in [0.2, 0.25) is 0 Å². The molecule has 0 aromatic heterocycles. The summed E-state index contributed by atoms with van der Waals surface area (Å²) in [4.78, 5) is 136. The maximum atomic E-state index is 12.1. The lowest BCUT2D eigenvalue weighted by Gasteiger charge is -2.50. The van der Waals surface area contributed by atoms with Crippen molar-refractivity contribution in [1.82, 2.24) is 0 Å². The zero-order chi connectivity index (χ0) is 78.5.